The maximum Gasteiger partial charge on any atom is 0.0145 e. The summed E-state index contributed by atoms with van der Waals surface area (Å²) in [7, 11) is 2.09. The second-order valence-electron chi connectivity index (χ2n) is 5.86. The second kappa shape index (κ2) is 5.41. The third-order valence-electron chi connectivity index (χ3n) is 4.60. The van der Waals surface area contributed by atoms with Gasteiger partial charge in [-0.2, -0.15) is 0 Å². The molecule has 2 aliphatic carbocycles. The average Bonchev–Trinajstić information content (AvgIpc) is 3.20. The summed E-state index contributed by atoms with van der Waals surface area (Å²) < 4.78 is 0. The zero-order chi connectivity index (χ0) is 12.4. The fraction of sp³-hybridized carbons (Fsp3) is 0.625. The average molecular weight is 244 g/mol. The van der Waals surface area contributed by atoms with E-state index in [2.05, 4.69) is 48.0 Å². The lowest BCUT2D eigenvalue weighted by atomic mass is 9.91. The molecule has 0 unspecified atom stereocenters. The molecular weight excluding hydrogens is 220 g/mol. The second-order valence-corrected chi connectivity index (χ2v) is 5.86. The zero-order valence-corrected chi connectivity index (χ0v) is 11.2. The molecule has 0 saturated heterocycles. The van der Waals surface area contributed by atoms with E-state index < -0.39 is 0 Å². The van der Waals surface area contributed by atoms with Gasteiger partial charge < -0.3 is 10.6 Å². The number of hydrogen-bond donors (Lipinski definition) is 2. The third-order valence-corrected chi connectivity index (χ3v) is 4.60. The van der Waals surface area contributed by atoms with Gasteiger partial charge in [0.25, 0.3) is 0 Å². The van der Waals surface area contributed by atoms with Gasteiger partial charge in [-0.15, -0.1) is 0 Å². The Morgan fingerprint density at radius 1 is 0.944 bits per heavy atom. The van der Waals surface area contributed by atoms with Crippen molar-refractivity contribution in [3.63, 3.8) is 0 Å². The maximum absolute atomic E-state index is 3.86. The molecule has 0 radical (unpaired) electrons. The number of benzene rings is 1. The van der Waals surface area contributed by atoms with Gasteiger partial charge in [-0.1, -0.05) is 30.3 Å². The van der Waals surface area contributed by atoms with Gasteiger partial charge in [-0.05, 0) is 44.7 Å². The lowest BCUT2D eigenvalue weighted by molar-refractivity contribution is 0.315. The molecule has 3 rings (SSSR count). The highest BCUT2D eigenvalue weighted by molar-refractivity contribution is 5.27. The third kappa shape index (κ3) is 2.76. The first-order chi connectivity index (χ1) is 8.86. The molecule has 98 valence electrons. The molecule has 0 amide bonds. The summed E-state index contributed by atoms with van der Waals surface area (Å²) >= 11 is 0. The van der Waals surface area contributed by atoms with Gasteiger partial charge in [0.15, 0.2) is 0 Å². The molecule has 18 heavy (non-hydrogen) atoms. The molecule has 0 aliphatic heterocycles. The van der Waals surface area contributed by atoms with Crippen molar-refractivity contribution in [1.82, 2.24) is 10.6 Å². The van der Waals surface area contributed by atoms with Gasteiger partial charge in [0, 0.05) is 24.0 Å². The molecule has 2 saturated carbocycles. The highest BCUT2D eigenvalue weighted by Gasteiger charge is 2.39. The summed E-state index contributed by atoms with van der Waals surface area (Å²) in [6.07, 6.45) is 6.66. The Kier molecular flexibility index (Phi) is 3.67. The topological polar surface area (TPSA) is 24.1 Å². The van der Waals surface area contributed by atoms with E-state index in [9.17, 15) is 0 Å². The normalized spacial score (nSPS) is 35.4. The van der Waals surface area contributed by atoms with Crippen molar-refractivity contribution in [2.24, 2.45) is 0 Å². The first-order valence-electron chi connectivity index (χ1n) is 7.35. The first-order valence-corrected chi connectivity index (χ1v) is 7.35. The largest absolute Gasteiger partial charge is 0.317 e. The molecule has 1 aromatic rings. The molecule has 0 heterocycles. The Morgan fingerprint density at radius 3 is 2.28 bits per heavy atom. The van der Waals surface area contributed by atoms with Crippen molar-refractivity contribution in [3.05, 3.63) is 35.9 Å². The molecular formula is C16H24N2. The van der Waals surface area contributed by atoms with E-state index in [4.69, 9.17) is 0 Å². The predicted molar refractivity (Wildman–Crippen MR) is 75.8 cm³/mol. The fourth-order valence-electron chi connectivity index (χ4n) is 3.30. The van der Waals surface area contributed by atoms with Gasteiger partial charge in [0.2, 0.25) is 0 Å². The summed E-state index contributed by atoms with van der Waals surface area (Å²) in [6, 6.07) is 13.2. The summed E-state index contributed by atoms with van der Waals surface area (Å²) in [5.74, 6) is 0.772. The minimum atomic E-state index is 0.739. The molecule has 2 fully saturated rings. The van der Waals surface area contributed by atoms with Crippen LogP contribution in [0.15, 0.2) is 30.3 Å². The molecule has 0 aromatic heterocycles. The summed E-state index contributed by atoms with van der Waals surface area (Å²) in [5.41, 5.74) is 1.51. The Labute approximate surface area is 110 Å². The molecule has 2 nitrogen and oxygen atoms in total. The van der Waals surface area contributed by atoms with Crippen LogP contribution in [0.4, 0.5) is 0 Å². The van der Waals surface area contributed by atoms with E-state index in [-0.39, 0.29) is 0 Å². The monoisotopic (exact) mass is 244 g/mol. The van der Waals surface area contributed by atoms with Crippen LogP contribution in [0.25, 0.3) is 0 Å². The summed E-state index contributed by atoms with van der Waals surface area (Å²) in [5, 5.41) is 7.26. The zero-order valence-electron chi connectivity index (χ0n) is 11.2. The molecule has 0 bridgehead atoms. The standard InChI is InChI=1S/C16H24N2/c1-17-13-7-9-14(10-8-13)18-16-11-15(16)12-5-3-2-4-6-12/h2-6,13-18H,7-11H2,1H3/t13?,14?,15-,16+/m0/s1. The lowest BCUT2D eigenvalue weighted by Crippen LogP contribution is -2.39. The van der Waals surface area contributed by atoms with Crippen molar-refractivity contribution >= 4 is 0 Å². The van der Waals surface area contributed by atoms with E-state index in [1.165, 1.54) is 37.7 Å². The molecule has 2 heteroatoms. The van der Waals surface area contributed by atoms with Crippen LogP contribution in [-0.2, 0) is 0 Å². The van der Waals surface area contributed by atoms with E-state index in [1.807, 2.05) is 0 Å². The molecule has 2 aliphatic rings. The SMILES string of the molecule is CNC1CCC(N[C@@H]2C[C@H]2c2ccccc2)CC1. The van der Waals surface area contributed by atoms with Crippen LogP contribution in [0.3, 0.4) is 0 Å². The minimum absolute atomic E-state index is 0.739. The highest BCUT2D eigenvalue weighted by Crippen LogP contribution is 2.41. The fourth-order valence-corrected chi connectivity index (χ4v) is 3.30. The van der Waals surface area contributed by atoms with E-state index in [0.717, 1.165) is 24.0 Å². The first kappa shape index (κ1) is 12.2. The van der Waals surface area contributed by atoms with Crippen LogP contribution in [0, 0.1) is 0 Å². The van der Waals surface area contributed by atoms with Crippen LogP contribution in [0.5, 0.6) is 0 Å². The molecule has 0 spiro atoms. The number of nitrogens with one attached hydrogen (secondary N) is 2. The highest BCUT2D eigenvalue weighted by atomic mass is 15.0. The van der Waals surface area contributed by atoms with Crippen LogP contribution in [0.2, 0.25) is 0 Å². The molecule has 2 atom stereocenters. The van der Waals surface area contributed by atoms with E-state index in [1.54, 1.807) is 0 Å². The number of hydrogen-bond acceptors (Lipinski definition) is 2. The smallest absolute Gasteiger partial charge is 0.0145 e. The van der Waals surface area contributed by atoms with Gasteiger partial charge in [0.05, 0.1) is 0 Å². The van der Waals surface area contributed by atoms with Crippen molar-refractivity contribution in [2.75, 3.05) is 7.05 Å². The predicted octanol–water partition coefficient (Wildman–Crippen LogP) is 2.66. The quantitative estimate of drug-likeness (QED) is 0.851. The van der Waals surface area contributed by atoms with Crippen LogP contribution >= 0.6 is 0 Å². The maximum atomic E-state index is 3.86. The van der Waals surface area contributed by atoms with Crippen molar-refractivity contribution < 1.29 is 0 Å². The van der Waals surface area contributed by atoms with Gasteiger partial charge in [-0.25, -0.2) is 0 Å². The van der Waals surface area contributed by atoms with Crippen molar-refractivity contribution in [1.29, 1.82) is 0 Å². The van der Waals surface area contributed by atoms with Crippen LogP contribution in [0.1, 0.15) is 43.6 Å². The summed E-state index contributed by atoms with van der Waals surface area (Å²) in [4.78, 5) is 0. The Morgan fingerprint density at radius 2 is 1.61 bits per heavy atom. The van der Waals surface area contributed by atoms with E-state index in [0.29, 0.717) is 0 Å². The van der Waals surface area contributed by atoms with Gasteiger partial charge in [-0.3, -0.25) is 0 Å². The molecule has 1 aromatic carbocycles. The Bertz CT molecular complexity index is 368. The van der Waals surface area contributed by atoms with Crippen molar-refractivity contribution in [2.45, 2.75) is 56.1 Å². The Balaban J connectivity index is 1.46. The summed E-state index contributed by atoms with van der Waals surface area (Å²) in [6.45, 7) is 0. The van der Waals surface area contributed by atoms with Gasteiger partial charge >= 0.3 is 0 Å². The van der Waals surface area contributed by atoms with Gasteiger partial charge in [0.1, 0.15) is 0 Å². The molecule has 2 N–H and O–H groups in total. The van der Waals surface area contributed by atoms with E-state index >= 15 is 0 Å². The van der Waals surface area contributed by atoms with Crippen LogP contribution in [-0.4, -0.2) is 25.2 Å². The van der Waals surface area contributed by atoms with Crippen molar-refractivity contribution in [3.8, 4) is 0 Å². The number of rotatable bonds is 4. The van der Waals surface area contributed by atoms with Crippen LogP contribution < -0.4 is 10.6 Å². The Hall–Kier alpha value is -0.860. The minimum Gasteiger partial charge on any atom is -0.317 e. The lowest BCUT2D eigenvalue weighted by Gasteiger charge is -2.29.